The highest BCUT2D eigenvalue weighted by atomic mass is 35.5. The lowest BCUT2D eigenvalue weighted by molar-refractivity contribution is -0.124. The first kappa shape index (κ1) is 18.7. The van der Waals surface area contributed by atoms with E-state index in [0.29, 0.717) is 17.9 Å². The minimum Gasteiger partial charge on any atom is -0.493 e. The van der Waals surface area contributed by atoms with Crippen molar-refractivity contribution < 1.29 is 23.5 Å². The van der Waals surface area contributed by atoms with Crippen LogP contribution in [0, 0.1) is 5.82 Å². The van der Waals surface area contributed by atoms with Gasteiger partial charge in [-0.3, -0.25) is 4.79 Å². The minimum atomic E-state index is -0.649. The molecule has 0 radical (unpaired) electrons. The van der Waals surface area contributed by atoms with E-state index in [4.69, 9.17) is 21.1 Å². The molecule has 0 unspecified atom stereocenters. The Morgan fingerprint density at radius 3 is 2.68 bits per heavy atom. The Labute approximate surface area is 149 Å². The number of amides is 1. The molecular weight excluding hydrogens is 349 g/mol. The Morgan fingerprint density at radius 1 is 1.20 bits per heavy atom. The summed E-state index contributed by atoms with van der Waals surface area (Å²) in [7, 11) is 0. The lowest BCUT2D eigenvalue weighted by atomic mass is 10.2. The molecule has 0 saturated carbocycles. The molecule has 0 saturated heterocycles. The van der Waals surface area contributed by atoms with Crippen molar-refractivity contribution in [3.05, 3.63) is 64.4 Å². The van der Waals surface area contributed by atoms with E-state index in [-0.39, 0.29) is 17.1 Å². The van der Waals surface area contributed by atoms with Crippen LogP contribution in [0.2, 0.25) is 5.02 Å². The molecule has 1 N–H and O–H groups in total. The highest BCUT2D eigenvalue weighted by Crippen LogP contribution is 2.19. The fourth-order valence-corrected chi connectivity index (χ4v) is 2.23. The highest BCUT2D eigenvalue weighted by molar-refractivity contribution is 6.30. The Hall–Kier alpha value is -2.60. The number of halogens is 2. The van der Waals surface area contributed by atoms with Crippen molar-refractivity contribution in [1.29, 1.82) is 0 Å². The molecule has 132 valence electrons. The molecule has 1 amide bonds. The van der Waals surface area contributed by atoms with Gasteiger partial charge < -0.3 is 14.8 Å². The molecule has 0 aliphatic rings. The molecule has 25 heavy (non-hydrogen) atoms. The first-order valence-electron chi connectivity index (χ1n) is 7.60. The number of hydrogen-bond acceptors (Lipinski definition) is 4. The van der Waals surface area contributed by atoms with Crippen molar-refractivity contribution >= 4 is 23.5 Å². The molecule has 7 heteroatoms. The lowest BCUT2D eigenvalue weighted by Gasteiger charge is -2.10. The van der Waals surface area contributed by atoms with Gasteiger partial charge >= 0.3 is 5.97 Å². The second kappa shape index (κ2) is 9.03. The summed E-state index contributed by atoms with van der Waals surface area (Å²) in [6.07, 6.45) is 0. The standard InChI is InChI=1S/C18H17ClFNO4/c1-2-24-16-6-4-3-5-13(16)18(23)25-11-17(22)21-10-12-7-8-15(20)14(19)9-12/h3-9H,2,10-11H2,1H3,(H,21,22). The van der Waals surface area contributed by atoms with Gasteiger partial charge in [0.2, 0.25) is 0 Å². The first-order valence-corrected chi connectivity index (χ1v) is 7.98. The zero-order chi connectivity index (χ0) is 18.2. The van der Waals surface area contributed by atoms with Gasteiger partial charge in [0.1, 0.15) is 17.1 Å². The SMILES string of the molecule is CCOc1ccccc1C(=O)OCC(=O)NCc1ccc(F)c(Cl)c1. The predicted molar refractivity (Wildman–Crippen MR) is 91.2 cm³/mol. The van der Waals surface area contributed by atoms with Gasteiger partial charge in [-0.25, -0.2) is 9.18 Å². The fourth-order valence-electron chi connectivity index (χ4n) is 2.03. The van der Waals surface area contributed by atoms with Crippen LogP contribution in [0.3, 0.4) is 0 Å². The van der Waals surface area contributed by atoms with Gasteiger partial charge in [-0.2, -0.15) is 0 Å². The summed E-state index contributed by atoms with van der Waals surface area (Å²) in [6.45, 7) is 1.92. The average Bonchev–Trinajstić information content (AvgIpc) is 2.61. The van der Waals surface area contributed by atoms with Gasteiger partial charge in [-0.15, -0.1) is 0 Å². The van der Waals surface area contributed by atoms with E-state index in [1.54, 1.807) is 31.2 Å². The first-order chi connectivity index (χ1) is 12.0. The summed E-state index contributed by atoms with van der Waals surface area (Å²) < 4.78 is 23.4. The van der Waals surface area contributed by atoms with Crippen molar-refractivity contribution in [3.8, 4) is 5.75 Å². The molecule has 0 aromatic heterocycles. The number of carbonyl (C=O) groups excluding carboxylic acids is 2. The molecule has 0 bridgehead atoms. The number of nitrogens with one attached hydrogen (secondary N) is 1. The van der Waals surface area contributed by atoms with E-state index < -0.39 is 24.3 Å². The fraction of sp³-hybridized carbons (Fsp3) is 0.222. The number of esters is 1. The van der Waals surface area contributed by atoms with Crippen LogP contribution in [0.4, 0.5) is 4.39 Å². The zero-order valence-corrected chi connectivity index (χ0v) is 14.3. The van der Waals surface area contributed by atoms with Gasteiger partial charge in [0.05, 0.1) is 11.6 Å². The third-order valence-corrected chi connectivity index (χ3v) is 3.50. The Balaban J connectivity index is 1.85. The van der Waals surface area contributed by atoms with Crippen LogP contribution in [0.1, 0.15) is 22.8 Å². The van der Waals surface area contributed by atoms with Gasteiger partial charge in [0, 0.05) is 6.54 Å². The van der Waals surface area contributed by atoms with E-state index in [1.807, 2.05) is 0 Å². The summed E-state index contributed by atoms with van der Waals surface area (Å²) in [4.78, 5) is 23.8. The summed E-state index contributed by atoms with van der Waals surface area (Å²) in [5, 5.41) is 2.54. The monoisotopic (exact) mass is 365 g/mol. The van der Waals surface area contributed by atoms with Crippen LogP contribution in [0.5, 0.6) is 5.75 Å². The van der Waals surface area contributed by atoms with Crippen molar-refractivity contribution in [2.24, 2.45) is 0 Å². The Bertz CT molecular complexity index is 766. The van der Waals surface area contributed by atoms with Crippen LogP contribution in [-0.2, 0) is 16.1 Å². The maximum absolute atomic E-state index is 13.1. The van der Waals surface area contributed by atoms with Gasteiger partial charge in [0.25, 0.3) is 5.91 Å². The van der Waals surface area contributed by atoms with Crippen LogP contribution < -0.4 is 10.1 Å². The number of hydrogen-bond donors (Lipinski definition) is 1. The second-order valence-corrected chi connectivity index (χ2v) is 5.44. The molecule has 2 aromatic rings. The van der Waals surface area contributed by atoms with Crippen molar-refractivity contribution in [3.63, 3.8) is 0 Å². The quantitative estimate of drug-likeness (QED) is 0.764. The van der Waals surface area contributed by atoms with E-state index in [9.17, 15) is 14.0 Å². The van der Waals surface area contributed by atoms with Gasteiger partial charge in [0.15, 0.2) is 6.61 Å². The molecule has 5 nitrogen and oxygen atoms in total. The lowest BCUT2D eigenvalue weighted by Crippen LogP contribution is -2.28. The molecule has 0 aliphatic carbocycles. The average molecular weight is 366 g/mol. The van der Waals surface area contributed by atoms with Crippen molar-refractivity contribution in [1.82, 2.24) is 5.32 Å². The molecule has 2 rings (SSSR count). The van der Waals surface area contributed by atoms with Gasteiger partial charge in [-0.1, -0.05) is 29.8 Å². The summed E-state index contributed by atoms with van der Waals surface area (Å²) >= 11 is 5.67. The van der Waals surface area contributed by atoms with E-state index in [0.717, 1.165) is 0 Å². The number of ether oxygens (including phenoxy) is 2. The Kier molecular flexibility index (Phi) is 6.77. The molecule has 0 spiro atoms. The van der Waals surface area contributed by atoms with Crippen LogP contribution >= 0.6 is 11.6 Å². The zero-order valence-electron chi connectivity index (χ0n) is 13.6. The molecule has 0 heterocycles. The maximum atomic E-state index is 13.1. The number of rotatable bonds is 7. The highest BCUT2D eigenvalue weighted by Gasteiger charge is 2.15. The normalized spacial score (nSPS) is 10.2. The Morgan fingerprint density at radius 2 is 1.96 bits per heavy atom. The van der Waals surface area contributed by atoms with E-state index in [2.05, 4.69) is 5.32 Å². The van der Waals surface area contributed by atoms with Crippen LogP contribution in [-0.4, -0.2) is 25.1 Å². The predicted octanol–water partition coefficient (Wildman–Crippen LogP) is 3.35. The minimum absolute atomic E-state index is 0.0225. The van der Waals surface area contributed by atoms with Crippen molar-refractivity contribution in [2.45, 2.75) is 13.5 Å². The smallest absolute Gasteiger partial charge is 0.342 e. The largest absolute Gasteiger partial charge is 0.493 e. The molecule has 2 aromatic carbocycles. The summed E-state index contributed by atoms with van der Waals surface area (Å²) in [5.41, 5.74) is 0.884. The van der Waals surface area contributed by atoms with Crippen molar-refractivity contribution in [2.75, 3.05) is 13.2 Å². The van der Waals surface area contributed by atoms with Crippen LogP contribution in [0.25, 0.3) is 0 Å². The summed E-state index contributed by atoms with van der Waals surface area (Å²) in [6, 6.07) is 10.8. The summed E-state index contributed by atoms with van der Waals surface area (Å²) in [5.74, 6) is -1.26. The number of benzene rings is 2. The van der Waals surface area contributed by atoms with Gasteiger partial charge in [-0.05, 0) is 36.8 Å². The molecule has 0 aliphatic heterocycles. The molecular formula is C18H17ClFNO4. The third kappa shape index (κ3) is 5.46. The topological polar surface area (TPSA) is 64.6 Å². The number of para-hydroxylation sites is 1. The third-order valence-electron chi connectivity index (χ3n) is 3.21. The van der Waals surface area contributed by atoms with E-state index >= 15 is 0 Å². The molecule has 0 fully saturated rings. The van der Waals surface area contributed by atoms with Crippen LogP contribution in [0.15, 0.2) is 42.5 Å². The molecule has 0 atom stereocenters. The van der Waals surface area contributed by atoms with E-state index in [1.165, 1.54) is 18.2 Å². The maximum Gasteiger partial charge on any atom is 0.342 e. The number of carbonyl (C=O) groups is 2. The second-order valence-electron chi connectivity index (χ2n) is 5.03.